The lowest BCUT2D eigenvalue weighted by atomic mass is 9.99. The Morgan fingerprint density at radius 2 is 1.61 bits per heavy atom. The second-order valence-corrected chi connectivity index (χ2v) is 5.79. The smallest absolute Gasteiger partial charge is 0.131 e. The summed E-state index contributed by atoms with van der Waals surface area (Å²) < 4.78 is 0. The molecule has 0 unspecified atom stereocenters. The van der Waals surface area contributed by atoms with E-state index in [9.17, 15) is 0 Å². The Bertz CT molecular complexity index is 362. The molecule has 18 heavy (non-hydrogen) atoms. The van der Waals surface area contributed by atoms with E-state index >= 15 is 0 Å². The van der Waals surface area contributed by atoms with Gasteiger partial charge in [-0.15, -0.1) is 0 Å². The minimum atomic E-state index is 0.609. The van der Waals surface area contributed by atoms with Gasteiger partial charge < -0.3 is 5.32 Å². The van der Waals surface area contributed by atoms with E-state index in [0.29, 0.717) is 5.92 Å². The molecule has 2 aliphatic rings. The summed E-state index contributed by atoms with van der Waals surface area (Å²) in [7, 11) is 0. The van der Waals surface area contributed by atoms with Gasteiger partial charge >= 0.3 is 0 Å². The van der Waals surface area contributed by atoms with Gasteiger partial charge in [0.05, 0.1) is 0 Å². The fourth-order valence-corrected chi connectivity index (χ4v) is 2.75. The molecule has 1 aromatic rings. The number of rotatable bonds is 4. The van der Waals surface area contributed by atoms with Crippen LogP contribution < -0.4 is 5.32 Å². The second-order valence-electron chi connectivity index (χ2n) is 5.79. The molecule has 1 N–H and O–H groups in total. The summed E-state index contributed by atoms with van der Waals surface area (Å²) in [6.07, 6.45) is 14.7. The summed E-state index contributed by atoms with van der Waals surface area (Å²) in [6.45, 7) is 0.926. The summed E-state index contributed by atoms with van der Waals surface area (Å²) in [5.74, 6) is 1.69. The zero-order valence-electron chi connectivity index (χ0n) is 11.1. The first-order chi connectivity index (χ1) is 8.92. The molecular weight excluding hydrogens is 222 g/mol. The van der Waals surface area contributed by atoms with Crippen LogP contribution in [-0.2, 0) is 6.54 Å². The molecule has 3 nitrogen and oxygen atoms in total. The van der Waals surface area contributed by atoms with E-state index in [4.69, 9.17) is 0 Å². The molecule has 0 radical (unpaired) electrons. The van der Waals surface area contributed by atoms with Crippen molar-refractivity contribution in [2.24, 2.45) is 0 Å². The van der Waals surface area contributed by atoms with Gasteiger partial charge in [0.1, 0.15) is 5.82 Å². The van der Waals surface area contributed by atoms with Crippen molar-refractivity contribution >= 4 is 0 Å². The summed E-state index contributed by atoms with van der Waals surface area (Å²) in [6, 6.07) is 0.756. The van der Waals surface area contributed by atoms with Crippen LogP contribution in [0.25, 0.3) is 0 Å². The standard InChI is InChI=1S/C15H23N3/c1-2-4-6-13(5-3-1)15-17-10-12(11-18-15)9-16-14-7-8-14/h10-11,13-14,16H,1-9H2. The minimum Gasteiger partial charge on any atom is -0.310 e. The molecule has 0 spiro atoms. The predicted octanol–water partition coefficient (Wildman–Crippen LogP) is 3.17. The lowest BCUT2D eigenvalue weighted by Gasteiger charge is -2.12. The molecule has 98 valence electrons. The van der Waals surface area contributed by atoms with Crippen molar-refractivity contribution in [3.63, 3.8) is 0 Å². The Labute approximate surface area is 109 Å². The monoisotopic (exact) mass is 245 g/mol. The van der Waals surface area contributed by atoms with Crippen LogP contribution in [0.2, 0.25) is 0 Å². The highest BCUT2D eigenvalue weighted by Crippen LogP contribution is 2.29. The average molecular weight is 245 g/mol. The number of hydrogen-bond donors (Lipinski definition) is 1. The lowest BCUT2D eigenvalue weighted by molar-refractivity contribution is 0.558. The van der Waals surface area contributed by atoms with Crippen molar-refractivity contribution in [2.75, 3.05) is 0 Å². The van der Waals surface area contributed by atoms with E-state index in [1.165, 1.54) is 56.9 Å². The Balaban J connectivity index is 1.58. The van der Waals surface area contributed by atoms with Crippen molar-refractivity contribution in [2.45, 2.75) is 69.9 Å². The van der Waals surface area contributed by atoms with Crippen LogP contribution in [0, 0.1) is 0 Å². The summed E-state index contributed by atoms with van der Waals surface area (Å²) in [4.78, 5) is 9.18. The highest BCUT2D eigenvalue weighted by atomic mass is 15.0. The van der Waals surface area contributed by atoms with Gasteiger partial charge in [-0.25, -0.2) is 9.97 Å². The largest absolute Gasteiger partial charge is 0.310 e. The first-order valence-corrected chi connectivity index (χ1v) is 7.46. The van der Waals surface area contributed by atoms with Gasteiger partial charge in [-0.1, -0.05) is 25.7 Å². The second kappa shape index (κ2) is 5.79. The minimum absolute atomic E-state index is 0.609. The van der Waals surface area contributed by atoms with Crippen LogP contribution in [-0.4, -0.2) is 16.0 Å². The molecule has 2 fully saturated rings. The van der Waals surface area contributed by atoms with Crippen molar-refractivity contribution in [3.8, 4) is 0 Å². The van der Waals surface area contributed by atoms with Crippen molar-refractivity contribution in [3.05, 3.63) is 23.8 Å². The molecule has 0 saturated heterocycles. The molecule has 2 aliphatic carbocycles. The van der Waals surface area contributed by atoms with Crippen molar-refractivity contribution < 1.29 is 0 Å². The van der Waals surface area contributed by atoms with Crippen LogP contribution >= 0.6 is 0 Å². The van der Waals surface area contributed by atoms with Gasteiger partial charge in [-0.2, -0.15) is 0 Å². The first kappa shape index (κ1) is 12.1. The molecular formula is C15H23N3. The molecule has 1 aromatic heterocycles. The lowest BCUT2D eigenvalue weighted by Crippen LogP contribution is -2.16. The molecule has 0 amide bonds. The predicted molar refractivity (Wildman–Crippen MR) is 72.3 cm³/mol. The number of aromatic nitrogens is 2. The van der Waals surface area contributed by atoms with Gasteiger partial charge in [0.25, 0.3) is 0 Å². The van der Waals surface area contributed by atoms with E-state index in [0.717, 1.165) is 18.4 Å². The molecule has 1 heterocycles. The maximum atomic E-state index is 4.59. The molecule has 3 heteroatoms. The zero-order valence-corrected chi connectivity index (χ0v) is 11.1. The van der Waals surface area contributed by atoms with Gasteiger partial charge in [0.2, 0.25) is 0 Å². The molecule has 0 aliphatic heterocycles. The summed E-state index contributed by atoms with van der Waals surface area (Å²) in [5.41, 5.74) is 1.22. The van der Waals surface area contributed by atoms with Gasteiger partial charge in [0, 0.05) is 36.5 Å². The van der Waals surface area contributed by atoms with Gasteiger partial charge in [0.15, 0.2) is 0 Å². The molecule has 3 rings (SSSR count). The van der Waals surface area contributed by atoms with Crippen molar-refractivity contribution in [1.82, 2.24) is 15.3 Å². The normalized spacial score (nSPS) is 21.8. The average Bonchev–Trinajstić information content (AvgIpc) is 3.24. The maximum absolute atomic E-state index is 4.59. The Morgan fingerprint density at radius 3 is 2.22 bits per heavy atom. The topological polar surface area (TPSA) is 37.8 Å². The van der Waals surface area contributed by atoms with Crippen molar-refractivity contribution in [1.29, 1.82) is 0 Å². The van der Waals surface area contributed by atoms with E-state index in [2.05, 4.69) is 15.3 Å². The Hall–Kier alpha value is -0.960. The van der Waals surface area contributed by atoms with Crippen LogP contribution in [0.3, 0.4) is 0 Å². The van der Waals surface area contributed by atoms with E-state index < -0.39 is 0 Å². The van der Waals surface area contributed by atoms with Gasteiger partial charge in [-0.3, -0.25) is 0 Å². The summed E-state index contributed by atoms with van der Waals surface area (Å²) in [5, 5.41) is 3.50. The third kappa shape index (κ3) is 3.29. The molecule has 0 aromatic carbocycles. The Kier molecular flexibility index (Phi) is 3.89. The third-order valence-corrected chi connectivity index (χ3v) is 4.12. The number of nitrogens with zero attached hydrogens (tertiary/aromatic N) is 2. The van der Waals surface area contributed by atoms with Crippen LogP contribution in [0.15, 0.2) is 12.4 Å². The zero-order chi connectivity index (χ0) is 12.2. The fourth-order valence-electron chi connectivity index (χ4n) is 2.75. The quantitative estimate of drug-likeness (QED) is 0.828. The Morgan fingerprint density at radius 1 is 0.944 bits per heavy atom. The number of nitrogens with one attached hydrogen (secondary N) is 1. The highest BCUT2D eigenvalue weighted by Gasteiger charge is 2.20. The van der Waals surface area contributed by atoms with Crippen LogP contribution in [0.5, 0.6) is 0 Å². The number of hydrogen-bond acceptors (Lipinski definition) is 3. The van der Waals surface area contributed by atoms with E-state index in [1.54, 1.807) is 0 Å². The SMILES string of the molecule is c1nc(C2CCCCCC2)ncc1CNC1CC1. The maximum Gasteiger partial charge on any atom is 0.131 e. The van der Waals surface area contributed by atoms with Crippen LogP contribution in [0.1, 0.15) is 68.7 Å². The highest BCUT2D eigenvalue weighted by molar-refractivity contribution is 5.08. The molecule has 0 atom stereocenters. The first-order valence-electron chi connectivity index (χ1n) is 7.46. The van der Waals surface area contributed by atoms with E-state index in [1.807, 2.05) is 12.4 Å². The molecule has 2 saturated carbocycles. The molecule has 0 bridgehead atoms. The van der Waals surface area contributed by atoms with E-state index in [-0.39, 0.29) is 0 Å². The third-order valence-electron chi connectivity index (χ3n) is 4.12. The van der Waals surface area contributed by atoms with Gasteiger partial charge in [-0.05, 0) is 25.7 Å². The van der Waals surface area contributed by atoms with Crippen LogP contribution in [0.4, 0.5) is 0 Å². The summed E-state index contributed by atoms with van der Waals surface area (Å²) >= 11 is 0. The fraction of sp³-hybridized carbons (Fsp3) is 0.733.